The molecule has 0 amide bonds. The Morgan fingerprint density at radius 3 is 0.864 bits per heavy atom. The van der Waals surface area contributed by atoms with Crippen molar-refractivity contribution in [1.82, 2.24) is 0 Å². The van der Waals surface area contributed by atoms with Crippen molar-refractivity contribution < 1.29 is 48.3 Å². The molecule has 0 aromatic heterocycles. The molecule has 0 saturated carbocycles. The smallest absolute Gasteiger partial charge is 0.193 e. The minimum atomic E-state index is -5.68. The summed E-state index contributed by atoms with van der Waals surface area (Å²) >= 11 is 17.3. The van der Waals surface area contributed by atoms with E-state index in [0.29, 0.717) is 0 Å². The van der Waals surface area contributed by atoms with Gasteiger partial charge in [0.25, 0.3) is 0 Å². The first kappa shape index (κ1) is 24.4. The molecule has 0 fully saturated rings. The predicted molar refractivity (Wildman–Crippen MR) is 57.3 cm³/mol. The minimum Gasteiger partial charge on any atom is -0.193 e. The second-order valence-electron chi connectivity index (χ2n) is 3.04. The summed E-state index contributed by atoms with van der Waals surface area (Å²) in [4.78, 5) is -2.76. The van der Waals surface area contributed by atoms with Gasteiger partial charge in [0.1, 0.15) is 10.1 Å². The van der Waals surface area contributed by atoms with Gasteiger partial charge in [-0.15, -0.1) is 0 Å². The minimum absolute atomic E-state index is 2.36. The maximum atomic E-state index is 11.7. The normalized spacial score (nSPS) is 15.3. The fourth-order valence-corrected chi connectivity index (χ4v) is 0.834. The molecular formula is C7HCl4F11. The highest BCUT2D eigenvalue weighted by Gasteiger charge is 2.61. The predicted octanol–water partition coefficient (Wildman–Crippen LogP) is 6.79. The third-order valence-electron chi connectivity index (χ3n) is 1.34. The van der Waals surface area contributed by atoms with E-state index in [9.17, 15) is 48.3 Å². The van der Waals surface area contributed by atoms with E-state index in [2.05, 4.69) is 46.4 Å². The first-order chi connectivity index (χ1) is 9.26. The Kier molecular flexibility index (Phi) is 8.65. The van der Waals surface area contributed by atoms with Crippen LogP contribution in [-0.4, -0.2) is 29.3 Å². The quantitative estimate of drug-likeness (QED) is 0.314. The lowest BCUT2D eigenvalue weighted by molar-refractivity contribution is -0.275. The molecule has 15 heteroatoms. The molecular weight excluding hydrogens is 435 g/mol. The molecule has 0 N–H and O–H groups in total. The van der Waals surface area contributed by atoms with Gasteiger partial charge in [-0.1, -0.05) is 46.4 Å². The van der Waals surface area contributed by atoms with E-state index in [-0.39, 0.29) is 0 Å². The summed E-state index contributed by atoms with van der Waals surface area (Å²) in [6.45, 7) is 0. The van der Waals surface area contributed by atoms with Crippen LogP contribution in [0.3, 0.4) is 0 Å². The molecule has 0 spiro atoms. The molecule has 0 nitrogen and oxygen atoms in total. The average Bonchev–Trinajstić information content (AvgIpc) is 2.23. The highest BCUT2D eigenvalue weighted by Crippen LogP contribution is 2.42. The second-order valence-corrected chi connectivity index (χ2v) is 4.90. The maximum Gasteiger partial charge on any atom is 0.456 e. The molecule has 0 rings (SSSR count). The number of rotatable bonds is 1. The van der Waals surface area contributed by atoms with E-state index in [1.54, 1.807) is 0 Å². The monoisotopic (exact) mass is 434 g/mol. The second kappa shape index (κ2) is 7.80. The van der Waals surface area contributed by atoms with E-state index < -0.39 is 39.4 Å². The molecule has 0 atom stereocenters. The highest BCUT2D eigenvalue weighted by atomic mass is 35.5. The molecule has 0 aromatic rings. The summed E-state index contributed by atoms with van der Waals surface area (Å²) in [5.41, 5.74) is 0. The zero-order valence-corrected chi connectivity index (χ0v) is 12.3. The van der Waals surface area contributed by atoms with E-state index >= 15 is 0 Å². The van der Waals surface area contributed by atoms with Crippen LogP contribution >= 0.6 is 46.4 Å². The van der Waals surface area contributed by atoms with E-state index in [0.717, 1.165) is 0 Å². The summed E-state index contributed by atoms with van der Waals surface area (Å²) < 4.78 is 126. The van der Waals surface area contributed by atoms with Crippen molar-refractivity contribution in [2.45, 2.75) is 29.3 Å². The molecule has 0 aliphatic rings. The van der Waals surface area contributed by atoms with Crippen LogP contribution in [0.1, 0.15) is 0 Å². The number of allylic oxidation sites excluding steroid dienone is 2. The molecule has 0 aliphatic carbocycles. The lowest BCUT2D eigenvalue weighted by Crippen LogP contribution is -2.41. The van der Waals surface area contributed by atoms with Crippen LogP contribution in [0.2, 0.25) is 0 Å². The van der Waals surface area contributed by atoms with Crippen LogP contribution in [0.5, 0.6) is 0 Å². The van der Waals surface area contributed by atoms with E-state index in [1.165, 1.54) is 0 Å². The van der Waals surface area contributed by atoms with E-state index in [1.807, 2.05) is 0 Å². The lowest BCUT2D eigenvalue weighted by Gasteiger charge is -2.19. The zero-order chi connectivity index (χ0) is 18.7. The van der Waals surface area contributed by atoms with Gasteiger partial charge in [-0.2, -0.15) is 48.3 Å². The molecule has 0 heterocycles. The summed E-state index contributed by atoms with van der Waals surface area (Å²) in [5.74, 6) is -5.03. The SMILES string of the molecule is FC(F)(F)/C(Cl)=C(\Cl)C(F)(F)F.FC(F)(F)C(F)(F)C(Cl)Cl. The summed E-state index contributed by atoms with van der Waals surface area (Å²) in [5, 5.41) is -4.73. The van der Waals surface area contributed by atoms with Crippen LogP contribution in [0.25, 0.3) is 0 Å². The molecule has 0 unspecified atom stereocenters. The number of hydrogen-bond acceptors (Lipinski definition) is 0. The molecule has 0 aromatic carbocycles. The van der Waals surface area contributed by atoms with Gasteiger partial charge in [-0.25, -0.2) is 0 Å². The maximum absolute atomic E-state index is 11.7. The van der Waals surface area contributed by atoms with Crippen molar-refractivity contribution >= 4 is 46.4 Å². The fraction of sp³-hybridized carbons (Fsp3) is 0.714. The van der Waals surface area contributed by atoms with Crippen LogP contribution in [-0.2, 0) is 0 Å². The van der Waals surface area contributed by atoms with Crippen LogP contribution < -0.4 is 0 Å². The molecule has 0 bridgehead atoms. The van der Waals surface area contributed by atoms with Crippen LogP contribution in [0, 0.1) is 0 Å². The zero-order valence-electron chi connectivity index (χ0n) is 9.25. The number of halogens is 15. The van der Waals surface area contributed by atoms with Gasteiger partial charge in [-0.05, 0) is 0 Å². The fourth-order valence-electron chi connectivity index (χ4n) is 0.373. The van der Waals surface area contributed by atoms with Crippen molar-refractivity contribution in [3.63, 3.8) is 0 Å². The van der Waals surface area contributed by atoms with Gasteiger partial charge in [0.05, 0.1) is 0 Å². The molecule has 0 radical (unpaired) electrons. The summed E-state index contributed by atoms with van der Waals surface area (Å²) in [6, 6.07) is 0. The third kappa shape index (κ3) is 7.60. The molecule has 0 saturated heterocycles. The Bertz CT molecular complexity index is 367. The number of alkyl halides is 13. The van der Waals surface area contributed by atoms with Gasteiger partial charge in [-0.3, -0.25) is 0 Å². The van der Waals surface area contributed by atoms with Crippen molar-refractivity contribution in [2.24, 2.45) is 0 Å². The summed E-state index contributed by atoms with van der Waals surface area (Å²) in [7, 11) is 0. The molecule has 0 aliphatic heterocycles. The Hall–Kier alpha value is 0.130. The van der Waals surface area contributed by atoms with Crippen LogP contribution in [0.4, 0.5) is 48.3 Å². The van der Waals surface area contributed by atoms with Gasteiger partial charge in [0.15, 0.2) is 4.84 Å². The Labute approximate surface area is 134 Å². The Balaban J connectivity index is 0. The van der Waals surface area contributed by atoms with Crippen LogP contribution in [0.15, 0.2) is 10.1 Å². The van der Waals surface area contributed by atoms with Crippen molar-refractivity contribution in [3.05, 3.63) is 10.1 Å². The Morgan fingerprint density at radius 1 is 0.591 bits per heavy atom. The van der Waals surface area contributed by atoms with Gasteiger partial charge < -0.3 is 0 Å². The molecule has 22 heavy (non-hydrogen) atoms. The van der Waals surface area contributed by atoms with E-state index in [4.69, 9.17) is 0 Å². The number of hydrogen-bond donors (Lipinski definition) is 0. The van der Waals surface area contributed by atoms with Gasteiger partial charge in [0.2, 0.25) is 0 Å². The van der Waals surface area contributed by atoms with Crippen molar-refractivity contribution in [2.75, 3.05) is 0 Å². The topological polar surface area (TPSA) is 0 Å². The van der Waals surface area contributed by atoms with Gasteiger partial charge >= 0.3 is 24.5 Å². The average molecular weight is 436 g/mol. The Morgan fingerprint density at radius 2 is 0.818 bits per heavy atom. The van der Waals surface area contributed by atoms with Crippen molar-refractivity contribution in [1.29, 1.82) is 0 Å². The first-order valence-electron chi connectivity index (χ1n) is 4.18. The lowest BCUT2D eigenvalue weighted by atomic mass is 10.4. The molecule has 134 valence electrons. The van der Waals surface area contributed by atoms with Crippen molar-refractivity contribution in [3.8, 4) is 0 Å². The summed E-state index contributed by atoms with van der Waals surface area (Å²) in [6.07, 6.45) is -16.2. The standard InChI is InChI=1S/C4Cl2F6.C3HCl2F5/c5-1(3(7,8)9)2(6)4(10,11)12;4-1(5)2(6,7)3(8,9)10/h;1H/b2-1+;. The third-order valence-corrected chi connectivity index (χ3v) is 2.79. The van der Waals surface area contributed by atoms with Gasteiger partial charge in [0, 0.05) is 0 Å². The largest absolute Gasteiger partial charge is 0.456 e. The highest BCUT2D eigenvalue weighted by molar-refractivity contribution is 6.45. The first-order valence-corrected chi connectivity index (χ1v) is 5.81.